The first-order chi connectivity index (χ1) is 9.31. The Morgan fingerprint density at radius 1 is 1.26 bits per heavy atom. The molecule has 2 aliphatic rings. The first-order valence-corrected chi connectivity index (χ1v) is 6.37. The number of benzene rings is 2. The molecule has 0 saturated heterocycles. The Bertz CT molecular complexity index is 730. The summed E-state index contributed by atoms with van der Waals surface area (Å²) in [7, 11) is 0. The van der Waals surface area contributed by atoms with E-state index in [1.165, 1.54) is 0 Å². The van der Waals surface area contributed by atoms with Crippen LogP contribution in [0, 0.1) is 0 Å². The van der Waals surface area contributed by atoms with Gasteiger partial charge in [0.2, 0.25) is 0 Å². The highest BCUT2D eigenvalue weighted by atomic mass is 16.5. The average molecular weight is 252 g/mol. The fourth-order valence-corrected chi connectivity index (χ4v) is 3.21. The average Bonchev–Trinajstić information content (AvgIpc) is 3.01. The lowest BCUT2D eigenvalue weighted by Gasteiger charge is -2.12. The lowest BCUT2D eigenvalue weighted by Crippen LogP contribution is -2.11. The highest BCUT2D eigenvalue weighted by molar-refractivity contribution is 6.02. The fourth-order valence-electron chi connectivity index (χ4n) is 3.21. The summed E-state index contributed by atoms with van der Waals surface area (Å²) in [5.74, 6) is 0.987. The van der Waals surface area contributed by atoms with Crippen molar-refractivity contribution in [1.29, 1.82) is 0 Å². The largest absolute Gasteiger partial charge is 0.507 e. The van der Waals surface area contributed by atoms with Gasteiger partial charge >= 0.3 is 0 Å². The monoisotopic (exact) mass is 252 g/mol. The number of aromatic hydroxyl groups is 1. The molecule has 2 atom stereocenters. The highest BCUT2D eigenvalue weighted by Gasteiger charge is 2.39. The van der Waals surface area contributed by atoms with Crippen molar-refractivity contribution in [3.05, 3.63) is 47.5 Å². The topological polar surface area (TPSA) is 46.5 Å². The van der Waals surface area contributed by atoms with E-state index in [4.69, 9.17) is 4.74 Å². The van der Waals surface area contributed by atoms with E-state index in [1.54, 1.807) is 0 Å². The van der Waals surface area contributed by atoms with E-state index < -0.39 is 0 Å². The van der Waals surface area contributed by atoms with E-state index in [0.29, 0.717) is 10.9 Å². The van der Waals surface area contributed by atoms with Crippen molar-refractivity contribution in [2.45, 2.75) is 18.4 Å². The number of rotatable bonds is 1. The summed E-state index contributed by atoms with van der Waals surface area (Å²) in [4.78, 5) is 11.4. The summed E-state index contributed by atoms with van der Waals surface area (Å²) < 4.78 is 5.98. The van der Waals surface area contributed by atoms with Crippen LogP contribution in [-0.4, -0.2) is 17.5 Å². The van der Waals surface area contributed by atoms with E-state index in [1.807, 2.05) is 30.3 Å². The van der Waals surface area contributed by atoms with Crippen LogP contribution < -0.4 is 4.74 Å². The molecule has 3 nitrogen and oxygen atoms in total. The van der Waals surface area contributed by atoms with Gasteiger partial charge in [-0.2, -0.15) is 0 Å². The summed E-state index contributed by atoms with van der Waals surface area (Å²) in [5, 5.41) is 11.9. The zero-order valence-corrected chi connectivity index (χ0v) is 10.2. The summed E-state index contributed by atoms with van der Waals surface area (Å²) in [6, 6.07) is 7.49. The second-order valence-electron chi connectivity index (χ2n) is 5.02. The van der Waals surface area contributed by atoms with E-state index in [-0.39, 0.29) is 17.8 Å². The Morgan fingerprint density at radius 2 is 2.05 bits per heavy atom. The minimum Gasteiger partial charge on any atom is -0.507 e. The molecule has 1 N–H and O–H groups in total. The van der Waals surface area contributed by atoms with Crippen molar-refractivity contribution in [2.24, 2.45) is 0 Å². The Hall–Kier alpha value is -2.29. The summed E-state index contributed by atoms with van der Waals surface area (Å²) in [6.45, 7) is 0. The molecule has 1 aliphatic heterocycles. The first-order valence-electron chi connectivity index (χ1n) is 6.37. The molecule has 0 radical (unpaired) electrons. The maximum atomic E-state index is 11.4. The van der Waals surface area contributed by atoms with Gasteiger partial charge in [0.05, 0.1) is 5.56 Å². The molecule has 0 spiro atoms. The molecule has 0 saturated carbocycles. The first kappa shape index (κ1) is 10.6. The second-order valence-corrected chi connectivity index (χ2v) is 5.02. The van der Waals surface area contributed by atoms with Gasteiger partial charge in [0.1, 0.15) is 17.6 Å². The van der Waals surface area contributed by atoms with Gasteiger partial charge in [0, 0.05) is 22.3 Å². The number of carbonyl (C=O) groups excluding carboxylic acids is 1. The van der Waals surface area contributed by atoms with Gasteiger partial charge in [-0.15, -0.1) is 0 Å². The number of phenols is 1. The standard InChI is InChI=1S/C16H12O3/c17-8-12-14-11-6-3-7-13(11)19-16(14)10-5-2-1-4-9(10)15(12)18/h1-5,7-8,11,13,18H,6H2/t11-,13+/m1/s1. The highest BCUT2D eigenvalue weighted by Crippen LogP contribution is 2.51. The molecule has 0 amide bonds. The summed E-state index contributed by atoms with van der Waals surface area (Å²) in [5.41, 5.74) is 1.24. The maximum Gasteiger partial charge on any atom is 0.154 e. The number of allylic oxidation sites excluding steroid dienone is 1. The Morgan fingerprint density at radius 3 is 2.84 bits per heavy atom. The molecule has 2 aromatic rings. The lowest BCUT2D eigenvalue weighted by molar-refractivity contribution is 0.112. The minimum atomic E-state index is -0.00101. The minimum absolute atomic E-state index is 0.00101. The molecular formula is C16H12O3. The van der Waals surface area contributed by atoms with Crippen LogP contribution in [0.15, 0.2) is 36.4 Å². The summed E-state index contributed by atoms with van der Waals surface area (Å²) in [6.07, 6.45) is 5.70. The van der Waals surface area contributed by atoms with Gasteiger partial charge in [0.15, 0.2) is 6.29 Å². The van der Waals surface area contributed by atoms with Crippen LogP contribution in [0.1, 0.15) is 28.3 Å². The van der Waals surface area contributed by atoms with Crippen LogP contribution >= 0.6 is 0 Å². The van der Waals surface area contributed by atoms with Gasteiger partial charge in [-0.3, -0.25) is 4.79 Å². The van der Waals surface area contributed by atoms with E-state index >= 15 is 0 Å². The SMILES string of the molecule is O=Cc1c2c(c3ccccc3c1O)O[C@H]1C=CC[C@@H]21. The van der Waals surface area contributed by atoms with Gasteiger partial charge in [-0.1, -0.05) is 30.3 Å². The molecule has 4 rings (SSSR count). The fraction of sp³-hybridized carbons (Fsp3) is 0.188. The third-order valence-corrected chi connectivity index (χ3v) is 4.07. The van der Waals surface area contributed by atoms with Crippen LogP contribution in [0.2, 0.25) is 0 Å². The quantitative estimate of drug-likeness (QED) is 0.626. The maximum absolute atomic E-state index is 11.4. The predicted octanol–water partition coefficient (Wildman–Crippen LogP) is 3.16. The zero-order valence-electron chi connectivity index (χ0n) is 10.2. The molecule has 1 heterocycles. The number of aldehydes is 1. The zero-order chi connectivity index (χ0) is 13.0. The van der Waals surface area contributed by atoms with Crippen LogP contribution in [-0.2, 0) is 0 Å². The molecule has 0 aromatic heterocycles. The number of hydrogen-bond donors (Lipinski definition) is 1. The third kappa shape index (κ3) is 1.24. The van der Waals surface area contributed by atoms with Gasteiger partial charge in [0.25, 0.3) is 0 Å². The smallest absolute Gasteiger partial charge is 0.154 e. The van der Waals surface area contributed by atoms with Crippen LogP contribution in [0.5, 0.6) is 11.5 Å². The molecule has 1 aliphatic carbocycles. The second kappa shape index (κ2) is 3.60. The normalized spacial score (nSPS) is 23.2. The van der Waals surface area contributed by atoms with Gasteiger partial charge in [-0.25, -0.2) is 0 Å². The van der Waals surface area contributed by atoms with Crippen LogP contribution in [0.4, 0.5) is 0 Å². The van der Waals surface area contributed by atoms with Crippen molar-refractivity contribution in [1.82, 2.24) is 0 Å². The van der Waals surface area contributed by atoms with Crippen molar-refractivity contribution in [3.8, 4) is 11.5 Å². The number of carbonyl (C=O) groups is 1. The molecule has 3 heteroatoms. The predicted molar refractivity (Wildman–Crippen MR) is 71.9 cm³/mol. The molecule has 19 heavy (non-hydrogen) atoms. The Balaban J connectivity index is 2.13. The molecule has 0 fully saturated rings. The molecule has 94 valence electrons. The number of hydrogen-bond acceptors (Lipinski definition) is 3. The van der Waals surface area contributed by atoms with Gasteiger partial charge < -0.3 is 9.84 Å². The van der Waals surface area contributed by atoms with Crippen molar-refractivity contribution < 1.29 is 14.6 Å². The van der Waals surface area contributed by atoms with E-state index in [0.717, 1.165) is 29.4 Å². The van der Waals surface area contributed by atoms with Crippen molar-refractivity contribution in [3.63, 3.8) is 0 Å². The van der Waals surface area contributed by atoms with E-state index in [2.05, 4.69) is 6.08 Å². The number of fused-ring (bicyclic) bond motifs is 5. The molecular weight excluding hydrogens is 240 g/mol. The molecule has 0 bridgehead atoms. The van der Waals surface area contributed by atoms with Crippen LogP contribution in [0.25, 0.3) is 10.8 Å². The number of phenolic OH excluding ortho intramolecular Hbond substituents is 1. The van der Waals surface area contributed by atoms with Crippen LogP contribution in [0.3, 0.4) is 0 Å². The molecule has 0 unspecified atom stereocenters. The molecule has 2 aromatic carbocycles. The van der Waals surface area contributed by atoms with Gasteiger partial charge in [-0.05, 0) is 12.5 Å². The van der Waals surface area contributed by atoms with Crippen molar-refractivity contribution >= 4 is 17.1 Å². The summed E-state index contributed by atoms with van der Waals surface area (Å²) >= 11 is 0. The lowest BCUT2D eigenvalue weighted by atomic mass is 9.89. The Kier molecular flexibility index (Phi) is 2.01. The van der Waals surface area contributed by atoms with Crippen molar-refractivity contribution in [2.75, 3.05) is 0 Å². The Labute approximate surface area is 110 Å². The van der Waals surface area contributed by atoms with E-state index in [9.17, 15) is 9.90 Å². The number of ether oxygens (including phenoxy) is 1. The third-order valence-electron chi connectivity index (χ3n) is 4.07.